The van der Waals surface area contributed by atoms with E-state index in [1.807, 2.05) is 0 Å². The SMILES string of the molecule is OC(CNC1CCCCC1)COc1cccc(F)c1. The highest BCUT2D eigenvalue weighted by atomic mass is 19.1. The molecule has 3 nitrogen and oxygen atoms in total. The van der Waals surface area contributed by atoms with Crippen LogP contribution in [0.3, 0.4) is 0 Å². The van der Waals surface area contributed by atoms with Crippen molar-refractivity contribution in [3.05, 3.63) is 30.1 Å². The van der Waals surface area contributed by atoms with Gasteiger partial charge in [-0.1, -0.05) is 25.3 Å². The summed E-state index contributed by atoms with van der Waals surface area (Å²) >= 11 is 0. The van der Waals surface area contributed by atoms with Crippen molar-refractivity contribution >= 4 is 0 Å². The fourth-order valence-electron chi connectivity index (χ4n) is 2.42. The zero-order valence-corrected chi connectivity index (χ0v) is 11.1. The summed E-state index contributed by atoms with van der Waals surface area (Å²) in [6.45, 7) is 0.711. The van der Waals surface area contributed by atoms with Crippen molar-refractivity contribution in [3.8, 4) is 5.75 Å². The molecule has 0 aromatic heterocycles. The Morgan fingerprint density at radius 3 is 2.84 bits per heavy atom. The first kappa shape index (κ1) is 14.3. The molecule has 4 heteroatoms. The summed E-state index contributed by atoms with van der Waals surface area (Å²) in [6, 6.07) is 6.49. The van der Waals surface area contributed by atoms with Crippen LogP contribution in [0.15, 0.2) is 24.3 Å². The quantitative estimate of drug-likeness (QED) is 0.832. The van der Waals surface area contributed by atoms with E-state index in [4.69, 9.17) is 4.74 Å². The molecular formula is C15H22FNO2. The molecule has 0 saturated heterocycles. The van der Waals surface area contributed by atoms with Gasteiger partial charge in [-0.15, -0.1) is 0 Å². The van der Waals surface area contributed by atoms with Gasteiger partial charge < -0.3 is 15.2 Å². The second-order valence-electron chi connectivity index (χ2n) is 5.17. The van der Waals surface area contributed by atoms with Gasteiger partial charge in [0.05, 0.1) is 0 Å². The van der Waals surface area contributed by atoms with E-state index >= 15 is 0 Å². The first-order valence-corrected chi connectivity index (χ1v) is 7.04. The van der Waals surface area contributed by atoms with Crippen LogP contribution in [0.2, 0.25) is 0 Å². The molecule has 0 radical (unpaired) electrons. The van der Waals surface area contributed by atoms with Gasteiger partial charge in [0.25, 0.3) is 0 Å². The van der Waals surface area contributed by atoms with Crippen LogP contribution in [-0.4, -0.2) is 30.4 Å². The maximum atomic E-state index is 12.9. The van der Waals surface area contributed by atoms with Crippen molar-refractivity contribution in [1.29, 1.82) is 0 Å². The molecule has 19 heavy (non-hydrogen) atoms. The molecule has 1 atom stereocenters. The van der Waals surface area contributed by atoms with Gasteiger partial charge in [0.1, 0.15) is 24.3 Å². The Hall–Kier alpha value is -1.13. The molecule has 0 aliphatic heterocycles. The summed E-state index contributed by atoms with van der Waals surface area (Å²) in [7, 11) is 0. The van der Waals surface area contributed by atoms with Gasteiger partial charge in [-0.3, -0.25) is 0 Å². The predicted molar refractivity (Wildman–Crippen MR) is 72.8 cm³/mol. The van der Waals surface area contributed by atoms with Gasteiger partial charge in [0, 0.05) is 18.7 Å². The lowest BCUT2D eigenvalue weighted by molar-refractivity contribution is 0.102. The van der Waals surface area contributed by atoms with E-state index in [2.05, 4.69) is 5.32 Å². The Morgan fingerprint density at radius 2 is 2.11 bits per heavy atom. The third-order valence-electron chi connectivity index (χ3n) is 3.49. The van der Waals surface area contributed by atoms with Gasteiger partial charge >= 0.3 is 0 Å². The van der Waals surface area contributed by atoms with Gasteiger partial charge in [-0.2, -0.15) is 0 Å². The van der Waals surface area contributed by atoms with Crippen LogP contribution >= 0.6 is 0 Å². The number of halogens is 1. The van der Waals surface area contributed by atoms with Gasteiger partial charge in [-0.05, 0) is 25.0 Å². The molecule has 1 aromatic carbocycles. The molecule has 0 bridgehead atoms. The Balaban J connectivity index is 1.65. The second kappa shape index (κ2) is 7.46. The molecule has 2 rings (SSSR count). The molecule has 0 heterocycles. The summed E-state index contributed by atoms with van der Waals surface area (Å²) in [5.41, 5.74) is 0. The van der Waals surface area contributed by atoms with Crippen molar-refractivity contribution in [1.82, 2.24) is 5.32 Å². The molecule has 106 valence electrons. The van der Waals surface area contributed by atoms with Crippen LogP contribution in [-0.2, 0) is 0 Å². The van der Waals surface area contributed by atoms with Crippen molar-refractivity contribution in [2.75, 3.05) is 13.2 Å². The molecule has 1 aliphatic rings. The maximum absolute atomic E-state index is 12.9. The molecule has 2 N–H and O–H groups in total. The highest BCUT2D eigenvalue weighted by Crippen LogP contribution is 2.17. The summed E-state index contributed by atoms with van der Waals surface area (Å²) < 4.78 is 18.3. The average Bonchev–Trinajstić information content (AvgIpc) is 2.44. The van der Waals surface area contributed by atoms with Crippen LogP contribution in [0, 0.1) is 5.82 Å². The predicted octanol–water partition coefficient (Wildman–Crippen LogP) is 2.49. The van der Waals surface area contributed by atoms with E-state index in [0.29, 0.717) is 18.3 Å². The minimum atomic E-state index is -0.565. The van der Waals surface area contributed by atoms with Crippen LogP contribution in [0.5, 0.6) is 5.75 Å². The fraction of sp³-hybridized carbons (Fsp3) is 0.600. The number of ether oxygens (including phenoxy) is 1. The maximum Gasteiger partial charge on any atom is 0.126 e. The number of nitrogens with one attached hydrogen (secondary N) is 1. The van der Waals surface area contributed by atoms with Crippen molar-refractivity contribution in [2.45, 2.75) is 44.2 Å². The van der Waals surface area contributed by atoms with E-state index in [9.17, 15) is 9.50 Å². The standard InChI is InChI=1S/C15H22FNO2/c16-12-5-4-8-15(9-12)19-11-14(18)10-17-13-6-2-1-3-7-13/h4-5,8-9,13-14,17-18H,1-3,6-7,10-11H2. The fourth-order valence-corrected chi connectivity index (χ4v) is 2.42. The number of aliphatic hydroxyl groups excluding tert-OH is 1. The first-order chi connectivity index (χ1) is 9.24. The lowest BCUT2D eigenvalue weighted by Crippen LogP contribution is -2.38. The topological polar surface area (TPSA) is 41.5 Å². The normalized spacial score (nSPS) is 18.2. The molecule has 0 amide bonds. The molecule has 0 spiro atoms. The number of rotatable bonds is 6. The molecule has 1 aliphatic carbocycles. The lowest BCUT2D eigenvalue weighted by atomic mass is 9.95. The van der Waals surface area contributed by atoms with Crippen LogP contribution in [0.25, 0.3) is 0 Å². The van der Waals surface area contributed by atoms with Crippen LogP contribution in [0.4, 0.5) is 4.39 Å². The Bertz CT molecular complexity index is 380. The summed E-state index contributed by atoms with van der Waals surface area (Å²) in [5, 5.41) is 13.2. The third-order valence-corrected chi connectivity index (χ3v) is 3.49. The van der Waals surface area contributed by atoms with Crippen molar-refractivity contribution in [3.63, 3.8) is 0 Å². The Kier molecular flexibility index (Phi) is 5.61. The summed E-state index contributed by atoms with van der Waals surface area (Å²) in [6.07, 6.45) is 5.68. The summed E-state index contributed by atoms with van der Waals surface area (Å²) in [5.74, 6) is 0.129. The molecular weight excluding hydrogens is 245 g/mol. The molecule has 1 saturated carbocycles. The molecule has 1 aromatic rings. The van der Waals surface area contributed by atoms with E-state index < -0.39 is 6.10 Å². The minimum absolute atomic E-state index is 0.184. The lowest BCUT2D eigenvalue weighted by Gasteiger charge is -2.24. The highest BCUT2D eigenvalue weighted by Gasteiger charge is 2.14. The zero-order valence-electron chi connectivity index (χ0n) is 11.1. The highest BCUT2D eigenvalue weighted by molar-refractivity contribution is 5.22. The van der Waals surface area contributed by atoms with Crippen molar-refractivity contribution in [2.24, 2.45) is 0 Å². The van der Waals surface area contributed by atoms with Gasteiger partial charge in [-0.25, -0.2) is 4.39 Å². The van der Waals surface area contributed by atoms with Crippen molar-refractivity contribution < 1.29 is 14.2 Å². The second-order valence-corrected chi connectivity index (χ2v) is 5.17. The number of hydrogen-bond acceptors (Lipinski definition) is 3. The summed E-state index contributed by atoms with van der Waals surface area (Å²) in [4.78, 5) is 0. The van der Waals surface area contributed by atoms with Gasteiger partial charge in [0.15, 0.2) is 0 Å². The van der Waals surface area contributed by atoms with E-state index in [0.717, 1.165) is 0 Å². The largest absolute Gasteiger partial charge is 0.491 e. The minimum Gasteiger partial charge on any atom is -0.491 e. The third kappa shape index (κ3) is 5.17. The van der Waals surface area contributed by atoms with Crippen LogP contribution < -0.4 is 10.1 Å². The van der Waals surface area contributed by atoms with Crippen LogP contribution in [0.1, 0.15) is 32.1 Å². The smallest absolute Gasteiger partial charge is 0.126 e. The molecule has 1 fully saturated rings. The monoisotopic (exact) mass is 267 g/mol. The average molecular weight is 267 g/mol. The van der Waals surface area contributed by atoms with Gasteiger partial charge in [0.2, 0.25) is 0 Å². The van der Waals surface area contributed by atoms with E-state index in [-0.39, 0.29) is 12.4 Å². The first-order valence-electron chi connectivity index (χ1n) is 7.04. The van der Waals surface area contributed by atoms with E-state index in [1.54, 1.807) is 12.1 Å². The number of benzene rings is 1. The number of hydrogen-bond donors (Lipinski definition) is 2. The Labute approximate surface area is 113 Å². The number of aliphatic hydroxyl groups is 1. The Morgan fingerprint density at radius 1 is 1.32 bits per heavy atom. The van der Waals surface area contributed by atoms with E-state index in [1.165, 1.54) is 44.2 Å². The zero-order chi connectivity index (χ0) is 13.5. The molecule has 1 unspecified atom stereocenters.